The van der Waals surface area contributed by atoms with Crippen molar-refractivity contribution in [2.75, 3.05) is 18.0 Å². The molecule has 1 atom stereocenters. The van der Waals surface area contributed by atoms with E-state index in [2.05, 4.69) is 4.98 Å². The third kappa shape index (κ3) is 2.16. The fourth-order valence-electron chi connectivity index (χ4n) is 2.01. The third-order valence-corrected chi connectivity index (χ3v) is 2.93. The largest absolute Gasteiger partial charge is 0.391 e. The molecule has 1 aromatic rings. The first kappa shape index (κ1) is 11.3. The van der Waals surface area contributed by atoms with E-state index in [0.717, 1.165) is 18.7 Å². The number of hydrogen-bond donors (Lipinski definition) is 1. The van der Waals surface area contributed by atoms with Crippen LogP contribution in [-0.2, 0) is 0 Å². The van der Waals surface area contributed by atoms with Crippen molar-refractivity contribution < 1.29 is 9.50 Å². The molecule has 88 valence electrons. The number of rotatable bonds is 2. The number of hydrogen-bond acceptors (Lipinski definition) is 3. The van der Waals surface area contributed by atoms with Crippen LogP contribution in [0.25, 0.3) is 0 Å². The van der Waals surface area contributed by atoms with Gasteiger partial charge in [-0.05, 0) is 12.3 Å². The van der Waals surface area contributed by atoms with Crippen LogP contribution < -0.4 is 4.90 Å². The molecule has 2 heterocycles. The zero-order valence-electron chi connectivity index (χ0n) is 9.65. The lowest BCUT2D eigenvalue weighted by Gasteiger charge is -2.18. The molecule has 0 amide bonds. The Labute approximate surface area is 94.9 Å². The summed E-state index contributed by atoms with van der Waals surface area (Å²) in [7, 11) is 0. The van der Waals surface area contributed by atoms with Crippen molar-refractivity contribution in [3.05, 3.63) is 23.8 Å². The number of aliphatic hydroxyl groups is 1. The minimum absolute atomic E-state index is 0.0956. The van der Waals surface area contributed by atoms with Crippen molar-refractivity contribution in [3.8, 4) is 0 Å². The fraction of sp³-hybridized carbons (Fsp3) is 0.583. The highest BCUT2D eigenvalue weighted by Gasteiger charge is 2.21. The van der Waals surface area contributed by atoms with Gasteiger partial charge in [0.05, 0.1) is 23.7 Å². The van der Waals surface area contributed by atoms with Gasteiger partial charge in [-0.2, -0.15) is 0 Å². The Balaban J connectivity index is 2.21. The molecule has 0 spiro atoms. The van der Waals surface area contributed by atoms with Gasteiger partial charge in [0.25, 0.3) is 0 Å². The normalized spacial score (nSPS) is 20.8. The zero-order chi connectivity index (χ0) is 11.7. The van der Waals surface area contributed by atoms with Crippen LogP contribution in [0.3, 0.4) is 0 Å². The van der Waals surface area contributed by atoms with Crippen molar-refractivity contribution in [1.82, 2.24) is 4.98 Å². The highest BCUT2D eigenvalue weighted by molar-refractivity contribution is 5.46. The Bertz CT molecular complexity index is 381. The molecule has 1 fully saturated rings. The fourth-order valence-corrected chi connectivity index (χ4v) is 2.01. The molecule has 1 aromatic heterocycles. The van der Waals surface area contributed by atoms with E-state index >= 15 is 0 Å². The van der Waals surface area contributed by atoms with E-state index in [1.165, 1.54) is 6.07 Å². The van der Waals surface area contributed by atoms with Crippen molar-refractivity contribution in [2.45, 2.75) is 32.3 Å². The molecule has 3 nitrogen and oxygen atoms in total. The maximum atomic E-state index is 13.7. The first-order chi connectivity index (χ1) is 7.58. The Hall–Kier alpha value is -1.16. The summed E-state index contributed by atoms with van der Waals surface area (Å²) in [5.74, 6) is -0.160. The van der Waals surface area contributed by atoms with Crippen LogP contribution in [0.5, 0.6) is 0 Å². The van der Waals surface area contributed by atoms with Gasteiger partial charge in [0, 0.05) is 19.2 Å². The third-order valence-electron chi connectivity index (χ3n) is 2.93. The lowest BCUT2D eigenvalue weighted by atomic mass is 10.1. The van der Waals surface area contributed by atoms with Gasteiger partial charge < -0.3 is 10.0 Å². The Morgan fingerprint density at radius 1 is 1.56 bits per heavy atom. The Morgan fingerprint density at radius 3 is 2.81 bits per heavy atom. The molecule has 0 radical (unpaired) electrons. The molecule has 1 N–H and O–H groups in total. The van der Waals surface area contributed by atoms with Crippen LogP contribution >= 0.6 is 0 Å². The summed E-state index contributed by atoms with van der Waals surface area (Å²) in [6, 6.07) is 1.51. The SMILES string of the molecule is CC(C)c1ncc(N2CC[C@H](O)C2)cc1F. The van der Waals surface area contributed by atoms with Gasteiger partial charge in [0.1, 0.15) is 5.82 Å². The molecule has 1 aliphatic heterocycles. The van der Waals surface area contributed by atoms with Crippen molar-refractivity contribution >= 4 is 5.69 Å². The molecule has 1 aliphatic rings. The molecule has 0 aromatic carbocycles. The van der Waals surface area contributed by atoms with Gasteiger partial charge in [0.2, 0.25) is 0 Å². The van der Waals surface area contributed by atoms with Crippen LogP contribution in [0.15, 0.2) is 12.3 Å². The Morgan fingerprint density at radius 2 is 2.31 bits per heavy atom. The first-order valence-electron chi connectivity index (χ1n) is 5.66. The lowest BCUT2D eigenvalue weighted by Crippen LogP contribution is -2.21. The summed E-state index contributed by atoms with van der Waals surface area (Å²) >= 11 is 0. The van der Waals surface area contributed by atoms with Crippen LogP contribution in [0.2, 0.25) is 0 Å². The molecule has 0 unspecified atom stereocenters. The Kier molecular flexibility index (Phi) is 3.10. The van der Waals surface area contributed by atoms with Crippen LogP contribution in [-0.4, -0.2) is 29.3 Å². The molecule has 16 heavy (non-hydrogen) atoms. The van der Waals surface area contributed by atoms with Crippen molar-refractivity contribution in [3.63, 3.8) is 0 Å². The van der Waals surface area contributed by atoms with Crippen molar-refractivity contribution in [2.24, 2.45) is 0 Å². The number of β-amino-alcohol motifs (C(OH)–C–C–N with tert-alkyl or cyclic N) is 1. The summed E-state index contributed by atoms with van der Waals surface area (Å²) in [6.45, 7) is 5.18. The second-order valence-corrected chi connectivity index (χ2v) is 4.60. The predicted molar refractivity (Wildman–Crippen MR) is 61.1 cm³/mol. The van der Waals surface area contributed by atoms with Gasteiger partial charge in [0.15, 0.2) is 0 Å². The number of pyridine rings is 1. The van der Waals surface area contributed by atoms with E-state index in [1.807, 2.05) is 18.7 Å². The van der Waals surface area contributed by atoms with E-state index in [1.54, 1.807) is 6.20 Å². The highest BCUT2D eigenvalue weighted by Crippen LogP contribution is 2.24. The van der Waals surface area contributed by atoms with Gasteiger partial charge in [-0.3, -0.25) is 4.98 Å². The minimum atomic E-state index is -0.298. The predicted octanol–water partition coefficient (Wildman–Crippen LogP) is 1.92. The molecular weight excluding hydrogens is 207 g/mol. The quantitative estimate of drug-likeness (QED) is 0.833. The lowest BCUT2D eigenvalue weighted by molar-refractivity contribution is 0.198. The summed E-state index contributed by atoms with van der Waals surface area (Å²) in [5, 5.41) is 9.42. The number of halogens is 1. The monoisotopic (exact) mass is 224 g/mol. The topological polar surface area (TPSA) is 36.4 Å². The summed E-state index contributed by atoms with van der Waals surface area (Å²) in [5.41, 5.74) is 1.27. The average molecular weight is 224 g/mol. The maximum Gasteiger partial charge on any atom is 0.147 e. The van der Waals surface area contributed by atoms with E-state index in [0.29, 0.717) is 12.2 Å². The highest BCUT2D eigenvalue weighted by atomic mass is 19.1. The molecule has 0 bridgehead atoms. The van der Waals surface area contributed by atoms with Gasteiger partial charge in [-0.1, -0.05) is 13.8 Å². The van der Waals surface area contributed by atoms with Crippen molar-refractivity contribution in [1.29, 1.82) is 0 Å². The minimum Gasteiger partial charge on any atom is -0.391 e. The summed E-state index contributed by atoms with van der Waals surface area (Å²) < 4.78 is 13.7. The van der Waals surface area contributed by atoms with E-state index < -0.39 is 0 Å². The number of aromatic nitrogens is 1. The van der Waals surface area contributed by atoms with E-state index in [-0.39, 0.29) is 17.8 Å². The van der Waals surface area contributed by atoms with Crippen LogP contribution in [0.4, 0.5) is 10.1 Å². The number of nitrogens with zero attached hydrogens (tertiary/aromatic N) is 2. The second kappa shape index (κ2) is 4.37. The van der Waals surface area contributed by atoms with E-state index in [9.17, 15) is 9.50 Å². The van der Waals surface area contributed by atoms with Gasteiger partial charge in [-0.25, -0.2) is 4.39 Å². The van der Waals surface area contributed by atoms with Gasteiger partial charge in [-0.15, -0.1) is 0 Å². The maximum absolute atomic E-state index is 13.7. The molecule has 2 rings (SSSR count). The smallest absolute Gasteiger partial charge is 0.147 e. The van der Waals surface area contributed by atoms with Gasteiger partial charge >= 0.3 is 0 Å². The first-order valence-corrected chi connectivity index (χ1v) is 5.66. The van der Waals surface area contributed by atoms with Crippen LogP contribution in [0, 0.1) is 5.82 Å². The summed E-state index contributed by atoms with van der Waals surface area (Å²) in [6.07, 6.45) is 2.14. The number of aliphatic hydroxyl groups excluding tert-OH is 1. The summed E-state index contributed by atoms with van der Waals surface area (Å²) in [4.78, 5) is 6.11. The standard InChI is InChI=1S/C12H17FN2O/c1-8(2)12-11(13)5-9(6-14-12)15-4-3-10(16)7-15/h5-6,8,10,16H,3-4,7H2,1-2H3/t10-/m0/s1. The molecule has 0 saturated carbocycles. The van der Waals surface area contributed by atoms with Crippen LogP contribution in [0.1, 0.15) is 31.9 Å². The van der Waals surface area contributed by atoms with E-state index in [4.69, 9.17) is 0 Å². The zero-order valence-corrected chi connectivity index (χ0v) is 9.65. The average Bonchev–Trinajstić information content (AvgIpc) is 2.64. The number of anilines is 1. The molecule has 1 saturated heterocycles. The molecule has 0 aliphatic carbocycles. The second-order valence-electron chi connectivity index (χ2n) is 4.60. The molecule has 4 heteroatoms. The molecular formula is C12H17FN2O.